The van der Waals surface area contributed by atoms with E-state index >= 15 is 0 Å². The van der Waals surface area contributed by atoms with Crippen molar-refractivity contribution in [1.82, 2.24) is 15.3 Å². The quantitative estimate of drug-likeness (QED) is 0.631. The molecule has 0 aromatic rings. The van der Waals surface area contributed by atoms with Crippen LogP contribution in [-0.2, 0) is 9.53 Å². The molecule has 1 aliphatic heterocycles. The van der Waals surface area contributed by atoms with E-state index < -0.39 is 12.1 Å². The van der Waals surface area contributed by atoms with E-state index in [0.29, 0.717) is 19.7 Å². The Balaban J connectivity index is 2.43. The van der Waals surface area contributed by atoms with Crippen LogP contribution in [0.3, 0.4) is 0 Å². The molecule has 0 bridgehead atoms. The predicted octanol–water partition coefficient (Wildman–Crippen LogP) is -0.652. The topological polar surface area (TPSA) is 82.1 Å². The van der Waals surface area contributed by atoms with Crippen LogP contribution in [0, 0.1) is 0 Å². The average molecular weight is 231 g/mol. The summed E-state index contributed by atoms with van der Waals surface area (Å²) in [6.45, 7) is 1.17. The molecule has 0 saturated carbocycles. The number of rotatable bonds is 3. The van der Waals surface area contributed by atoms with E-state index in [9.17, 15) is 9.59 Å². The second kappa shape index (κ2) is 5.66. The van der Waals surface area contributed by atoms with Gasteiger partial charge >= 0.3 is 12.0 Å². The molecule has 0 radical (unpaired) electrons. The van der Waals surface area contributed by atoms with Gasteiger partial charge in [0.05, 0.1) is 19.1 Å². The monoisotopic (exact) mass is 231 g/mol. The van der Waals surface area contributed by atoms with Crippen LogP contribution in [-0.4, -0.2) is 66.9 Å². The zero-order valence-electron chi connectivity index (χ0n) is 9.47. The van der Waals surface area contributed by atoms with Crippen LogP contribution in [0.15, 0.2) is 0 Å². The van der Waals surface area contributed by atoms with Gasteiger partial charge in [0.1, 0.15) is 0 Å². The van der Waals surface area contributed by atoms with E-state index in [2.05, 4.69) is 5.43 Å². The molecule has 1 fully saturated rings. The number of carbonyl (C=O) groups is 2. The Morgan fingerprint density at radius 1 is 1.56 bits per heavy atom. The van der Waals surface area contributed by atoms with Gasteiger partial charge in [0, 0.05) is 27.2 Å². The van der Waals surface area contributed by atoms with Gasteiger partial charge in [-0.3, -0.25) is 10.2 Å². The molecule has 1 saturated heterocycles. The molecule has 1 heterocycles. The first-order chi connectivity index (χ1) is 7.49. The van der Waals surface area contributed by atoms with Crippen molar-refractivity contribution in [3.63, 3.8) is 0 Å². The molecule has 1 rings (SSSR count). The third kappa shape index (κ3) is 4.03. The van der Waals surface area contributed by atoms with Gasteiger partial charge in [-0.15, -0.1) is 0 Å². The summed E-state index contributed by atoms with van der Waals surface area (Å²) in [7, 11) is 3.43. The highest BCUT2D eigenvalue weighted by Gasteiger charge is 2.25. The Morgan fingerprint density at radius 3 is 2.81 bits per heavy atom. The Bertz CT molecular complexity index is 269. The molecule has 0 spiro atoms. The molecule has 0 aliphatic carbocycles. The van der Waals surface area contributed by atoms with Crippen LogP contribution in [0.1, 0.15) is 6.42 Å². The van der Waals surface area contributed by atoms with Crippen LogP contribution in [0.2, 0.25) is 0 Å². The van der Waals surface area contributed by atoms with E-state index in [-0.39, 0.29) is 12.5 Å². The molecule has 2 amide bonds. The number of hydrazine groups is 1. The fourth-order valence-electron chi connectivity index (χ4n) is 1.48. The van der Waals surface area contributed by atoms with E-state index in [0.717, 1.165) is 0 Å². The molecule has 1 unspecified atom stereocenters. The summed E-state index contributed by atoms with van der Waals surface area (Å²) in [6.07, 6.45) is -0.495. The standard InChI is InChI=1S/C9H17N3O4/c1-11(2)10-9(15)12-3-4-16-7(6-12)5-8(13)14/h7H,3-6H2,1-2H3,(H,10,15)(H,13,14). The number of amides is 2. The molecule has 2 N–H and O–H groups in total. The summed E-state index contributed by atoms with van der Waals surface area (Å²) < 4.78 is 5.26. The van der Waals surface area contributed by atoms with Crippen LogP contribution in [0.25, 0.3) is 0 Å². The number of nitrogens with one attached hydrogen (secondary N) is 1. The highest BCUT2D eigenvalue weighted by Crippen LogP contribution is 2.08. The summed E-state index contributed by atoms with van der Waals surface area (Å²) in [5.41, 5.74) is 2.60. The molecular weight excluding hydrogens is 214 g/mol. The maximum absolute atomic E-state index is 11.6. The molecule has 7 heteroatoms. The zero-order valence-corrected chi connectivity index (χ0v) is 9.47. The number of ether oxygens (including phenoxy) is 1. The van der Waals surface area contributed by atoms with Gasteiger partial charge < -0.3 is 14.7 Å². The molecule has 7 nitrogen and oxygen atoms in total. The van der Waals surface area contributed by atoms with Crippen molar-refractivity contribution >= 4 is 12.0 Å². The smallest absolute Gasteiger partial charge is 0.332 e. The number of hydrogen-bond acceptors (Lipinski definition) is 4. The third-order valence-corrected chi connectivity index (χ3v) is 2.15. The zero-order chi connectivity index (χ0) is 12.1. The lowest BCUT2D eigenvalue weighted by Crippen LogP contribution is -2.52. The first kappa shape index (κ1) is 12.7. The highest BCUT2D eigenvalue weighted by atomic mass is 16.5. The number of carboxylic acid groups (broad SMARTS) is 1. The fourth-order valence-corrected chi connectivity index (χ4v) is 1.48. The molecule has 0 aromatic heterocycles. The van der Waals surface area contributed by atoms with Crippen molar-refractivity contribution in [2.24, 2.45) is 0 Å². The number of carboxylic acids is 1. The maximum Gasteiger partial charge on any atom is 0.332 e. The van der Waals surface area contributed by atoms with Gasteiger partial charge in [-0.25, -0.2) is 9.80 Å². The average Bonchev–Trinajstić information content (AvgIpc) is 2.16. The Kier molecular flexibility index (Phi) is 4.51. The highest BCUT2D eigenvalue weighted by molar-refractivity contribution is 5.74. The lowest BCUT2D eigenvalue weighted by Gasteiger charge is -2.33. The Labute approximate surface area is 93.9 Å². The molecule has 1 aliphatic rings. The molecule has 1 atom stereocenters. The van der Waals surface area contributed by atoms with Crippen LogP contribution in [0.4, 0.5) is 4.79 Å². The van der Waals surface area contributed by atoms with Crippen LogP contribution < -0.4 is 5.43 Å². The second-order valence-corrected chi connectivity index (χ2v) is 3.85. The normalized spacial score (nSPS) is 20.9. The first-order valence-corrected chi connectivity index (χ1v) is 5.05. The SMILES string of the molecule is CN(C)NC(=O)N1CCOC(CC(=O)O)C1. The minimum absolute atomic E-state index is 0.0776. The number of aliphatic carboxylic acids is 1. The van der Waals surface area contributed by atoms with Crippen molar-refractivity contribution < 1.29 is 19.4 Å². The van der Waals surface area contributed by atoms with E-state index in [4.69, 9.17) is 9.84 Å². The maximum atomic E-state index is 11.6. The fraction of sp³-hybridized carbons (Fsp3) is 0.778. The van der Waals surface area contributed by atoms with Crippen molar-refractivity contribution in [3.8, 4) is 0 Å². The summed E-state index contributed by atoms with van der Waals surface area (Å²) in [5.74, 6) is -0.917. The number of urea groups is 1. The lowest BCUT2D eigenvalue weighted by atomic mass is 10.2. The summed E-state index contributed by atoms with van der Waals surface area (Å²) in [4.78, 5) is 23.7. The Morgan fingerprint density at radius 2 is 2.25 bits per heavy atom. The lowest BCUT2D eigenvalue weighted by molar-refractivity contribution is -0.141. The second-order valence-electron chi connectivity index (χ2n) is 3.85. The number of hydrogen-bond donors (Lipinski definition) is 2. The third-order valence-electron chi connectivity index (χ3n) is 2.15. The van der Waals surface area contributed by atoms with Gasteiger partial charge in [0.15, 0.2) is 0 Å². The van der Waals surface area contributed by atoms with E-state index in [1.54, 1.807) is 24.0 Å². The minimum Gasteiger partial charge on any atom is -0.481 e. The van der Waals surface area contributed by atoms with Gasteiger partial charge in [0.2, 0.25) is 0 Å². The van der Waals surface area contributed by atoms with Crippen molar-refractivity contribution in [2.45, 2.75) is 12.5 Å². The predicted molar refractivity (Wildman–Crippen MR) is 55.8 cm³/mol. The summed E-state index contributed by atoms with van der Waals surface area (Å²) in [5, 5.41) is 10.2. The van der Waals surface area contributed by atoms with Gasteiger partial charge in [0.25, 0.3) is 0 Å². The molecule has 0 aromatic carbocycles. The first-order valence-electron chi connectivity index (χ1n) is 5.05. The van der Waals surface area contributed by atoms with Crippen LogP contribution in [0.5, 0.6) is 0 Å². The van der Waals surface area contributed by atoms with Gasteiger partial charge in [-0.1, -0.05) is 0 Å². The molecular formula is C9H17N3O4. The van der Waals surface area contributed by atoms with Crippen molar-refractivity contribution in [3.05, 3.63) is 0 Å². The van der Waals surface area contributed by atoms with Crippen molar-refractivity contribution in [1.29, 1.82) is 0 Å². The molecule has 16 heavy (non-hydrogen) atoms. The van der Waals surface area contributed by atoms with E-state index in [1.807, 2.05) is 0 Å². The Hall–Kier alpha value is -1.34. The molecule has 92 valence electrons. The minimum atomic E-state index is -0.917. The van der Waals surface area contributed by atoms with Crippen molar-refractivity contribution in [2.75, 3.05) is 33.8 Å². The number of nitrogens with zero attached hydrogens (tertiary/aromatic N) is 2. The van der Waals surface area contributed by atoms with Crippen LogP contribution >= 0.6 is 0 Å². The van der Waals surface area contributed by atoms with Gasteiger partial charge in [-0.05, 0) is 0 Å². The summed E-state index contributed by atoms with van der Waals surface area (Å²) >= 11 is 0. The largest absolute Gasteiger partial charge is 0.481 e. The van der Waals surface area contributed by atoms with E-state index in [1.165, 1.54) is 0 Å². The summed E-state index contributed by atoms with van der Waals surface area (Å²) in [6, 6.07) is -0.233. The number of carbonyl (C=O) groups excluding carboxylic acids is 1. The number of morpholine rings is 1. The van der Waals surface area contributed by atoms with Gasteiger partial charge in [-0.2, -0.15) is 0 Å².